The molecule has 0 aliphatic heterocycles. The van der Waals surface area contributed by atoms with Crippen LogP contribution in [-0.2, 0) is 9.53 Å². The predicted octanol–water partition coefficient (Wildman–Crippen LogP) is 1.99. The normalized spacial score (nSPS) is 9.00. The third kappa shape index (κ3) is 3.53. The molecule has 1 rings (SSSR count). The third-order valence-corrected chi connectivity index (χ3v) is 1.19. The fourth-order valence-electron chi connectivity index (χ4n) is 0.714. The third-order valence-electron chi connectivity index (χ3n) is 1.19. The quantitative estimate of drug-likeness (QED) is 0.550. The maximum atomic E-state index is 9.72. The second-order valence-corrected chi connectivity index (χ2v) is 1.95. The van der Waals surface area contributed by atoms with Crippen molar-refractivity contribution in [3.05, 3.63) is 42.2 Å². The van der Waals surface area contributed by atoms with Gasteiger partial charge in [0.05, 0.1) is 6.26 Å². The first-order valence-corrected chi connectivity index (χ1v) is 3.24. The van der Waals surface area contributed by atoms with Crippen molar-refractivity contribution in [3.8, 4) is 0 Å². The molecular weight excluding hydrogens is 154 g/mol. The van der Waals surface area contributed by atoms with Gasteiger partial charge >= 0.3 is 0 Å². The molecule has 0 radical (unpaired) electrons. The van der Waals surface area contributed by atoms with Crippen LogP contribution in [0, 0.1) is 0 Å². The van der Waals surface area contributed by atoms with Crippen molar-refractivity contribution in [3.63, 3.8) is 0 Å². The van der Waals surface area contributed by atoms with E-state index in [-0.39, 0.29) is 6.15 Å². The molecule has 0 spiro atoms. The molecule has 12 heavy (non-hydrogen) atoms. The zero-order chi connectivity index (χ0) is 7.94. The van der Waals surface area contributed by atoms with Crippen LogP contribution < -0.4 is 6.15 Å². The minimum Gasteiger partial charge on any atom is -0.437 e. The molecule has 0 aliphatic rings. The summed E-state index contributed by atoms with van der Waals surface area (Å²) < 4.78 is 4.38. The van der Waals surface area contributed by atoms with Gasteiger partial charge in [-0.05, 0) is 11.6 Å². The summed E-state index contributed by atoms with van der Waals surface area (Å²) in [6.45, 7) is 0.388. The van der Waals surface area contributed by atoms with Crippen molar-refractivity contribution in [2.45, 2.75) is 0 Å². The van der Waals surface area contributed by atoms with E-state index in [1.54, 1.807) is 6.08 Å². The Morgan fingerprint density at radius 1 is 1.17 bits per heavy atom. The van der Waals surface area contributed by atoms with E-state index in [2.05, 4.69) is 4.74 Å². The van der Waals surface area contributed by atoms with E-state index in [9.17, 15) is 4.79 Å². The maximum Gasteiger partial charge on any atom is 0.297 e. The minimum atomic E-state index is 0. The van der Waals surface area contributed by atoms with Crippen LogP contribution in [0.3, 0.4) is 0 Å². The molecule has 0 aliphatic carbocycles. The first-order valence-electron chi connectivity index (χ1n) is 3.24. The molecule has 0 atom stereocenters. The zero-order valence-electron chi connectivity index (χ0n) is 6.64. The van der Waals surface area contributed by atoms with Crippen molar-refractivity contribution >= 4 is 12.5 Å². The number of rotatable bonds is 3. The highest BCUT2D eigenvalue weighted by atomic mass is 16.5. The van der Waals surface area contributed by atoms with Crippen LogP contribution in [0.2, 0.25) is 0 Å². The summed E-state index contributed by atoms with van der Waals surface area (Å²) in [4.78, 5) is 9.72. The van der Waals surface area contributed by atoms with Gasteiger partial charge in [0.2, 0.25) is 0 Å². The number of benzene rings is 1. The largest absolute Gasteiger partial charge is 0.437 e. The summed E-state index contributed by atoms with van der Waals surface area (Å²) in [5.41, 5.74) is 1.01. The predicted molar refractivity (Wildman–Crippen MR) is 47.6 cm³/mol. The van der Waals surface area contributed by atoms with Crippen molar-refractivity contribution in [2.75, 3.05) is 0 Å². The fourth-order valence-corrected chi connectivity index (χ4v) is 0.714. The van der Waals surface area contributed by atoms with Crippen LogP contribution >= 0.6 is 0 Å². The Balaban J connectivity index is 0.00000121. The summed E-state index contributed by atoms with van der Waals surface area (Å²) in [5.74, 6) is 0. The standard InChI is InChI=1S/C9H8O2.H3N/c10-8-11-7-6-9-4-2-1-3-5-9;/h1-8H;1H3. The number of carbonyl (C=O) groups excluding carboxylic acids is 1. The minimum absolute atomic E-state index is 0. The highest BCUT2D eigenvalue weighted by Gasteiger charge is 1.80. The molecule has 0 aromatic heterocycles. The monoisotopic (exact) mass is 165 g/mol. The fraction of sp³-hybridized carbons (Fsp3) is 0. The molecule has 0 fully saturated rings. The van der Waals surface area contributed by atoms with Crippen LogP contribution in [0.4, 0.5) is 0 Å². The Hall–Kier alpha value is -1.61. The Kier molecular flexibility index (Phi) is 5.30. The van der Waals surface area contributed by atoms with Crippen LogP contribution in [0.15, 0.2) is 36.6 Å². The van der Waals surface area contributed by atoms with Gasteiger partial charge in [-0.3, -0.25) is 4.79 Å². The Morgan fingerprint density at radius 3 is 2.42 bits per heavy atom. The van der Waals surface area contributed by atoms with E-state index in [0.717, 1.165) is 5.56 Å². The van der Waals surface area contributed by atoms with Crippen molar-refractivity contribution in [1.82, 2.24) is 6.15 Å². The van der Waals surface area contributed by atoms with Gasteiger partial charge in [-0.15, -0.1) is 0 Å². The number of ether oxygens (including phenoxy) is 1. The van der Waals surface area contributed by atoms with Crippen molar-refractivity contribution in [1.29, 1.82) is 0 Å². The molecule has 0 amide bonds. The van der Waals surface area contributed by atoms with Crippen molar-refractivity contribution < 1.29 is 9.53 Å². The summed E-state index contributed by atoms with van der Waals surface area (Å²) in [6, 6.07) is 9.61. The molecule has 0 heterocycles. The Morgan fingerprint density at radius 2 is 1.83 bits per heavy atom. The number of carbonyl (C=O) groups is 1. The van der Waals surface area contributed by atoms with E-state index >= 15 is 0 Å². The highest BCUT2D eigenvalue weighted by Crippen LogP contribution is 1.99. The molecule has 3 nitrogen and oxygen atoms in total. The molecule has 3 heteroatoms. The second kappa shape index (κ2) is 6.12. The average Bonchev–Trinajstić information content (AvgIpc) is 2.07. The Bertz CT molecular complexity index is 244. The maximum absolute atomic E-state index is 9.72. The lowest BCUT2D eigenvalue weighted by atomic mass is 10.2. The molecule has 64 valence electrons. The molecular formula is C9H11NO2. The van der Waals surface area contributed by atoms with Gasteiger partial charge in [-0.2, -0.15) is 0 Å². The molecule has 1 aromatic carbocycles. The van der Waals surface area contributed by atoms with Crippen molar-refractivity contribution in [2.24, 2.45) is 0 Å². The number of hydrogen-bond acceptors (Lipinski definition) is 3. The summed E-state index contributed by atoms with van der Waals surface area (Å²) in [6.07, 6.45) is 3.07. The number of hydrogen-bond donors (Lipinski definition) is 1. The average molecular weight is 165 g/mol. The summed E-state index contributed by atoms with van der Waals surface area (Å²) in [5, 5.41) is 0. The van der Waals surface area contributed by atoms with Gasteiger partial charge in [-0.25, -0.2) is 0 Å². The second-order valence-electron chi connectivity index (χ2n) is 1.95. The molecule has 1 aromatic rings. The van der Waals surface area contributed by atoms with Crippen LogP contribution in [-0.4, -0.2) is 6.47 Å². The van der Waals surface area contributed by atoms with E-state index in [1.165, 1.54) is 6.26 Å². The highest BCUT2D eigenvalue weighted by molar-refractivity contribution is 5.49. The summed E-state index contributed by atoms with van der Waals surface area (Å²) in [7, 11) is 0. The lowest BCUT2D eigenvalue weighted by Gasteiger charge is -1.88. The van der Waals surface area contributed by atoms with E-state index in [1.807, 2.05) is 30.3 Å². The SMILES string of the molecule is N.O=COC=Cc1ccccc1. The van der Waals surface area contributed by atoms with E-state index in [4.69, 9.17) is 0 Å². The van der Waals surface area contributed by atoms with Gasteiger partial charge in [0.15, 0.2) is 0 Å². The lowest BCUT2D eigenvalue weighted by molar-refractivity contribution is -0.123. The van der Waals surface area contributed by atoms with Crippen LogP contribution in [0.5, 0.6) is 0 Å². The summed E-state index contributed by atoms with van der Waals surface area (Å²) >= 11 is 0. The van der Waals surface area contributed by atoms with Gasteiger partial charge in [0.25, 0.3) is 6.47 Å². The van der Waals surface area contributed by atoms with E-state index in [0.29, 0.717) is 6.47 Å². The molecule has 0 saturated carbocycles. The smallest absolute Gasteiger partial charge is 0.297 e. The van der Waals surface area contributed by atoms with E-state index < -0.39 is 0 Å². The van der Waals surface area contributed by atoms with Gasteiger partial charge in [-0.1, -0.05) is 30.3 Å². The van der Waals surface area contributed by atoms with Gasteiger partial charge in [0, 0.05) is 0 Å². The zero-order valence-corrected chi connectivity index (χ0v) is 6.64. The van der Waals surface area contributed by atoms with Crippen LogP contribution in [0.1, 0.15) is 5.56 Å². The first kappa shape index (κ1) is 10.4. The topological polar surface area (TPSA) is 61.3 Å². The van der Waals surface area contributed by atoms with Gasteiger partial charge in [0.1, 0.15) is 0 Å². The van der Waals surface area contributed by atoms with Crippen LogP contribution in [0.25, 0.3) is 6.08 Å². The molecule has 0 unspecified atom stereocenters. The lowest BCUT2D eigenvalue weighted by Crippen LogP contribution is -1.73. The Labute approximate surface area is 71.2 Å². The molecule has 3 N–H and O–H groups in total. The van der Waals surface area contributed by atoms with Gasteiger partial charge < -0.3 is 10.9 Å². The molecule has 0 saturated heterocycles. The first-order chi connectivity index (χ1) is 5.43. The molecule has 0 bridgehead atoms.